The number of halogens is 1. The molecule has 0 aliphatic rings. The van der Waals surface area contributed by atoms with Crippen molar-refractivity contribution in [2.75, 3.05) is 0 Å². The van der Waals surface area contributed by atoms with Crippen LogP contribution in [-0.2, 0) is 0 Å². The van der Waals surface area contributed by atoms with Crippen molar-refractivity contribution in [2.24, 2.45) is 5.84 Å². The highest BCUT2D eigenvalue weighted by atomic mass is 19.1. The van der Waals surface area contributed by atoms with Gasteiger partial charge in [0.25, 0.3) is 5.91 Å². The molecule has 3 N–H and O–H groups in total. The zero-order chi connectivity index (χ0) is 9.84. The minimum Gasteiger partial charge on any atom is -0.298 e. The summed E-state index contributed by atoms with van der Waals surface area (Å²) in [7, 11) is 0. The Labute approximate surface area is 73.5 Å². The number of nitrogens with one attached hydrogen (secondary N) is 1. The van der Waals surface area contributed by atoms with Crippen LogP contribution < -0.4 is 11.3 Å². The van der Waals surface area contributed by atoms with E-state index in [4.69, 9.17) is 5.84 Å². The van der Waals surface area contributed by atoms with Crippen LogP contribution in [0.4, 0.5) is 4.39 Å². The third kappa shape index (κ3) is 1.70. The Kier molecular flexibility index (Phi) is 2.71. The smallest absolute Gasteiger partial charge is 0.268 e. The van der Waals surface area contributed by atoms with Crippen molar-refractivity contribution < 1.29 is 14.0 Å². The van der Waals surface area contributed by atoms with Gasteiger partial charge < -0.3 is 0 Å². The van der Waals surface area contributed by atoms with Gasteiger partial charge >= 0.3 is 0 Å². The lowest BCUT2D eigenvalue weighted by Crippen LogP contribution is -2.30. The normalized spacial score (nSPS) is 9.38. The van der Waals surface area contributed by atoms with Crippen LogP contribution in [0.15, 0.2) is 18.2 Å². The second-order valence-electron chi connectivity index (χ2n) is 2.30. The van der Waals surface area contributed by atoms with E-state index in [1.165, 1.54) is 18.2 Å². The first-order valence-electron chi connectivity index (χ1n) is 3.45. The molecule has 1 amide bonds. The molecule has 0 unspecified atom stereocenters. The molecule has 68 valence electrons. The molecule has 0 heterocycles. The lowest BCUT2D eigenvalue weighted by Gasteiger charge is -2.01. The molecule has 0 atom stereocenters. The molecule has 0 saturated heterocycles. The van der Waals surface area contributed by atoms with Crippen molar-refractivity contribution in [3.63, 3.8) is 0 Å². The van der Waals surface area contributed by atoms with Gasteiger partial charge in [-0.1, -0.05) is 6.07 Å². The monoisotopic (exact) mass is 182 g/mol. The van der Waals surface area contributed by atoms with Crippen molar-refractivity contribution in [2.45, 2.75) is 0 Å². The number of nitrogens with two attached hydrogens (primary N) is 1. The fourth-order valence-electron chi connectivity index (χ4n) is 0.894. The number of aldehydes is 1. The summed E-state index contributed by atoms with van der Waals surface area (Å²) in [4.78, 5) is 21.2. The minimum absolute atomic E-state index is 0.166. The zero-order valence-corrected chi connectivity index (χ0v) is 6.58. The largest absolute Gasteiger partial charge is 0.298 e. The number of hydrogen-bond acceptors (Lipinski definition) is 3. The second kappa shape index (κ2) is 3.77. The molecule has 5 heteroatoms. The lowest BCUT2D eigenvalue weighted by atomic mass is 10.1. The number of amides is 1. The van der Waals surface area contributed by atoms with Crippen LogP contribution in [0, 0.1) is 5.82 Å². The molecule has 1 aromatic carbocycles. The van der Waals surface area contributed by atoms with E-state index in [9.17, 15) is 14.0 Å². The quantitative estimate of drug-likeness (QED) is 0.298. The molecule has 0 radical (unpaired) electrons. The Morgan fingerprint density at radius 2 is 2.23 bits per heavy atom. The van der Waals surface area contributed by atoms with Crippen LogP contribution in [0.3, 0.4) is 0 Å². The number of benzene rings is 1. The number of hydrazine groups is 1. The maximum absolute atomic E-state index is 13.2. The summed E-state index contributed by atoms with van der Waals surface area (Å²) in [5.41, 5.74) is 1.37. The summed E-state index contributed by atoms with van der Waals surface area (Å²) < 4.78 is 13.2. The van der Waals surface area contributed by atoms with E-state index in [0.29, 0.717) is 6.29 Å². The predicted molar refractivity (Wildman–Crippen MR) is 43.4 cm³/mol. The van der Waals surface area contributed by atoms with Crippen molar-refractivity contribution in [1.29, 1.82) is 0 Å². The van der Waals surface area contributed by atoms with Gasteiger partial charge in [-0.15, -0.1) is 0 Å². The van der Waals surface area contributed by atoms with Gasteiger partial charge in [0, 0.05) is 0 Å². The van der Waals surface area contributed by atoms with Gasteiger partial charge in [-0.2, -0.15) is 0 Å². The average molecular weight is 182 g/mol. The summed E-state index contributed by atoms with van der Waals surface area (Å²) in [6.45, 7) is 0. The fraction of sp³-hybridized carbons (Fsp3) is 0. The molecular formula is C8H7FN2O2. The van der Waals surface area contributed by atoms with Gasteiger partial charge in [-0.25, -0.2) is 10.2 Å². The lowest BCUT2D eigenvalue weighted by molar-refractivity contribution is 0.0949. The molecule has 0 aliphatic heterocycles. The fourth-order valence-corrected chi connectivity index (χ4v) is 0.894. The minimum atomic E-state index is -0.861. The second-order valence-corrected chi connectivity index (χ2v) is 2.30. The molecular weight excluding hydrogens is 175 g/mol. The zero-order valence-electron chi connectivity index (χ0n) is 6.58. The first kappa shape index (κ1) is 9.34. The van der Waals surface area contributed by atoms with Gasteiger partial charge in [0.15, 0.2) is 6.29 Å². The first-order valence-corrected chi connectivity index (χ1v) is 3.45. The average Bonchev–Trinajstić information content (AvgIpc) is 2.17. The van der Waals surface area contributed by atoms with Crippen molar-refractivity contribution in [3.8, 4) is 0 Å². The maximum Gasteiger partial charge on any atom is 0.268 e. The summed E-state index contributed by atoms with van der Waals surface area (Å²) in [6.07, 6.45) is 0.336. The van der Waals surface area contributed by atoms with Crippen LogP contribution in [0.5, 0.6) is 0 Å². The van der Waals surface area contributed by atoms with E-state index in [0.717, 1.165) is 0 Å². The van der Waals surface area contributed by atoms with E-state index in [-0.39, 0.29) is 11.1 Å². The molecule has 4 nitrogen and oxygen atoms in total. The number of rotatable bonds is 2. The molecule has 0 aliphatic carbocycles. The van der Waals surface area contributed by atoms with Gasteiger partial charge in [-0.3, -0.25) is 15.0 Å². The molecule has 1 rings (SSSR count). The Bertz CT molecular complexity index is 352. The maximum atomic E-state index is 13.2. The van der Waals surface area contributed by atoms with E-state index in [1.54, 1.807) is 5.43 Å². The van der Waals surface area contributed by atoms with E-state index in [1.807, 2.05) is 0 Å². The van der Waals surface area contributed by atoms with E-state index < -0.39 is 11.7 Å². The van der Waals surface area contributed by atoms with Gasteiger partial charge in [0.05, 0.1) is 11.1 Å². The Morgan fingerprint density at radius 3 is 2.77 bits per heavy atom. The number of carbonyl (C=O) groups is 2. The van der Waals surface area contributed by atoms with Crippen molar-refractivity contribution in [3.05, 3.63) is 35.1 Å². The summed E-state index contributed by atoms with van der Waals surface area (Å²) in [5, 5.41) is 0. The molecule has 13 heavy (non-hydrogen) atoms. The molecule has 0 saturated carbocycles. The van der Waals surface area contributed by atoms with E-state index >= 15 is 0 Å². The SMILES string of the molecule is NNC(=O)c1cccc(C=O)c1F. The molecule has 0 spiro atoms. The first-order chi connectivity index (χ1) is 6.20. The van der Waals surface area contributed by atoms with Crippen LogP contribution >= 0.6 is 0 Å². The number of hydrogen-bond donors (Lipinski definition) is 2. The highest BCUT2D eigenvalue weighted by Gasteiger charge is 2.12. The Hall–Kier alpha value is -1.75. The Morgan fingerprint density at radius 1 is 1.54 bits per heavy atom. The highest BCUT2D eigenvalue weighted by Crippen LogP contribution is 2.10. The number of carbonyl (C=O) groups excluding carboxylic acids is 2. The van der Waals surface area contributed by atoms with Crippen LogP contribution in [-0.4, -0.2) is 12.2 Å². The third-order valence-corrected chi connectivity index (χ3v) is 1.53. The summed E-state index contributed by atoms with van der Waals surface area (Å²) in [6, 6.07) is 3.91. The van der Waals surface area contributed by atoms with Crippen molar-refractivity contribution in [1.82, 2.24) is 5.43 Å². The van der Waals surface area contributed by atoms with Crippen molar-refractivity contribution >= 4 is 12.2 Å². The molecule has 0 bridgehead atoms. The van der Waals surface area contributed by atoms with Gasteiger partial charge in [0.2, 0.25) is 0 Å². The summed E-state index contributed by atoms with van der Waals surface area (Å²) >= 11 is 0. The van der Waals surface area contributed by atoms with Gasteiger partial charge in [0.1, 0.15) is 5.82 Å². The Balaban J connectivity index is 3.23. The van der Waals surface area contributed by atoms with Gasteiger partial charge in [-0.05, 0) is 12.1 Å². The number of nitrogen functional groups attached to an aromatic ring is 1. The van der Waals surface area contributed by atoms with Crippen LogP contribution in [0.1, 0.15) is 20.7 Å². The van der Waals surface area contributed by atoms with E-state index in [2.05, 4.69) is 0 Å². The topological polar surface area (TPSA) is 72.2 Å². The molecule has 1 aromatic rings. The predicted octanol–water partition coefficient (Wildman–Crippen LogP) is 0.242. The highest BCUT2D eigenvalue weighted by molar-refractivity contribution is 5.95. The van der Waals surface area contributed by atoms with Crippen LogP contribution in [0.25, 0.3) is 0 Å². The third-order valence-electron chi connectivity index (χ3n) is 1.53. The molecule has 0 fully saturated rings. The standard InChI is InChI=1S/C8H7FN2O2/c9-7-5(4-12)2-1-3-6(7)8(13)11-10/h1-4H,10H2,(H,11,13). The summed E-state index contributed by atoms with van der Waals surface area (Å²) in [5.74, 6) is 3.19. The molecule has 0 aromatic heterocycles. The van der Waals surface area contributed by atoms with Crippen LogP contribution in [0.2, 0.25) is 0 Å².